The molecule has 0 saturated heterocycles. The van der Waals surface area contributed by atoms with Gasteiger partial charge in [0.05, 0.1) is 21.6 Å². The Kier molecular flexibility index (Phi) is 2.41. The van der Waals surface area contributed by atoms with Crippen LogP contribution in [0.5, 0.6) is 0 Å². The van der Waals surface area contributed by atoms with Gasteiger partial charge in [0, 0.05) is 17.3 Å². The van der Waals surface area contributed by atoms with Gasteiger partial charge in [-0.05, 0) is 37.6 Å². The van der Waals surface area contributed by atoms with Gasteiger partial charge in [0.1, 0.15) is 5.52 Å². The summed E-state index contributed by atoms with van der Waals surface area (Å²) >= 11 is 6.71. The number of rotatable bonds is 0. The van der Waals surface area contributed by atoms with Crippen molar-refractivity contribution in [1.29, 1.82) is 0 Å². The number of benzene rings is 2. The molecule has 5 aromatic rings. The summed E-state index contributed by atoms with van der Waals surface area (Å²) in [7, 11) is 0. The first kappa shape index (κ1) is 13.0. The van der Waals surface area contributed by atoms with Crippen LogP contribution in [-0.4, -0.2) is 13.8 Å². The molecular formula is C19H14ClN3. The molecule has 0 N–H and O–H groups in total. The first-order valence-electron chi connectivity index (χ1n) is 7.62. The SMILES string of the molecule is Cc1ccc2c(c1)nc1c3c(Cl)c4ccccc4n3cc(C)n21. The van der Waals surface area contributed by atoms with Crippen molar-refractivity contribution in [3.8, 4) is 0 Å². The summed E-state index contributed by atoms with van der Waals surface area (Å²) in [5, 5.41) is 1.82. The molecule has 4 heteroatoms. The molecule has 112 valence electrons. The largest absolute Gasteiger partial charge is 0.310 e. The second-order valence-corrected chi connectivity index (χ2v) is 6.46. The third-order valence-electron chi connectivity index (χ3n) is 4.54. The molecule has 0 fully saturated rings. The van der Waals surface area contributed by atoms with Crippen molar-refractivity contribution in [2.75, 3.05) is 0 Å². The lowest BCUT2D eigenvalue weighted by molar-refractivity contribution is 1.06. The minimum absolute atomic E-state index is 0.762. The van der Waals surface area contributed by atoms with Crippen LogP contribution in [-0.2, 0) is 0 Å². The lowest BCUT2D eigenvalue weighted by Crippen LogP contribution is -1.97. The van der Waals surface area contributed by atoms with E-state index in [9.17, 15) is 0 Å². The van der Waals surface area contributed by atoms with Gasteiger partial charge in [-0.1, -0.05) is 35.9 Å². The number of hydrogen-bond donors (Lipinski definition) is 0. The molecule has 0 radical (unpaired) electrons. The summed E-state index contributed by atoms with van der Waals surface area (Å²) in [5.74, 6) is 0. The molecule has 0 aliphatic heterocycles. The first-order valence-corrected chi connectivity index (χ1v) is 7.99. The molecule has 0 aliphatic rings. The van der Waals surface area contributed by atoms with Gasteiger partial charge in [-0.25, -0.2) is 4.98 Å². The maximum Gasteiger partial charge on any atom is 0.164 e. The van der Waals surface area contributed by atoms with Gasteiger partial charge < -0.3 is 4.40 Å². The molecule has 0 spiro atoms. The molecule has 3 aromatic heterocycles. The summed E-state index contributed by atoms with van der Waals surface area (Å²) < 4.78 is 4.34. The maximum atomic E-state index is 6.71. The monoisotopic (exact) mass is 319 g/mol. The average Bonchev–Trinajstić information content (AvgIpc) is 3.04. The molecule has 0 amide bonds. The zero-order valence-corrected chi connectivity index (χ0v) is 13.6. The van der Waals surface area contributed by atoms with Gasteiger partial charge >= 0.3 is 0 Å². The number of imidazole rings is 1. The summed E-state index contributed by atoms with van der Waals surface area (Å²) in [6, 6.07) is 14.6. The Morgan fingerprint density at radius 1 is 1.00 bits per heavy atom. The lowest BCUT2D eigenvalue weighted by atomic mass is 10.2. The van der Waals surface area contributed by atoms with Gasteiger partial charge in [0.15, 0.2) is 5.65 Å². The van der Waals surface area contributed by atoms with Crippen LogP contribution in [0.25, 0.3) is 33.1 Å². The normalized spacial score (nSPS) is 12.1. The maximum absolute atomic E-state index is 6.71. The fourth-order valence-electron chi connectivity index (χ4n) is 3.51. The number of aromatic nitrogens is 3. The highest BCUT2D eigenvalue weighted by molar-refractivity contribution is 6.40. The Morgan fingerprint density at radius 3 is 2.70 bits per heavy atom. The highest BCUT2D eigenvalue weighted by atomic mass is 35.5. The highest BCUT2D eigenvalue weighted by Crippen LogP contribution is 2.35. The van der Waals surface area contributed by atoms with Crippen LogP contribution >= 0.6 is 11.6 Å². The van der Waals surface area contributed by atoms with E-state index in [0.29, 0.717) is 0 Å². The summed E-state index contributed by atoms with van der Waals surface area (Å²) in [4.78, 5) is 4.88. The predicted molar refractivity (Wildman–Crippen MR) is 95.6 cm³/mol. The number of para-hydroxylation sites is 1. The van der Waals surface area contributed by atoms with Crippen LogP contribution in [0, 0.1) is 13.8 Å². The third-order valence-corrected chi connectivity index (χ3v) is 4.92. The van der Waals surface area contributed by atoms with Crippen molar-refractivity contribution < 1.29 is 0 Å². The van der Waals surface area contributed by atoms with Gasteiger partial charge in [-0.2, -0.15) is 0 Å². The van der Waals surface area contributed by atoms with E-state index in [4.69, 9.17) is 16.6 Å². The molecule has 23 heavy (non-hydrogen) atoms. The van der Waals surface area contributed by atoms with E-state index in [1.165, 1.54) is 5.56 Å². The molecular weight excluding hydrogens is 306 g/mol. The van der Waals surface area contributed by atoms with Crippen molar-refractivity contribution in [2.24, 2.45) is 0 Å². The quantitative estimate of drug-likeness (QED) is 0.386. The van der Waals surface area contributed by atoms with Crippen LogP contribution < -0.4 is 0 Å². The van der Waals surface area contributed by atoms with Crippen LogP contribution in [0.2, 0.25) is 5.02 Å². The number of fused-ring (bicyclic) bond motifs is 7. The topological polar surface area (TPSA) is 21.7 Å². The molecule has 3 nitrogen and oxygen atoms in total. The third kappa shape index (κ3) is 1.57. The van der Waals surface area contributed by atoms with Crippen LogP contribution in [0.4, 0.5) is 0 Å². The molecule has 3 heterocycles. The molecule has 0 aliphatic carbocycles. The van der Waals surface area contributed by atoms with Crippen molar-refractivity contribution in [3.63, 3.8) is 0 Å². The van der Waals surface area contributed by atoms with Gasteiger partial charge in [-0.15, -0.1) is 0 Å². The summed E-state index contributed by atoms with van der Waals surface area (Å²) in [5.41, 5.74) is 7.45. The van der Waals surface area contributed by atoms with Gasteiger partial charge in [-0.3, -0.25) is 4.40 Å². The van der Waals surface area contributed by atoms with Crippen molar-refractivity contribution >= 4 is 44.7 Å². The van der Waals surface area contributed by atoms with Crippen molar-refractivity contribution in [1.82, 2.24) is 13.8 Å². The highest BCUT2D eigenvalue weighted by Gasteiger charge is 2.17. The average molecular weight is 320 g/mol. The second-order valence-electron chi connectivity index (χ2n) is 6.08. The van der Waals surface area contributed by atoms with Crippen molar-refractivity contribution in [3.05, 3.63) is 64.9 Å². The summed E-state index contributed by atoms with van der Waals surface area (Å²) in [6.07, 6.45) is 2.14. The Hall–Kier alpha value is -2.52. The fourth-order valence-corrected chi connectivity index (χ4v) is 3.85. The lowest BCUT2D eigenvalue weighted by Gasteiger charge is -2.05. The second kappa shape index (κ2) is 4.27. The number of aryl methyl sites for hydroxylation is 2. The number of nitrogens with zero attached hydrogens (tertiary/aromatic N) is 3. The summed E-state index contributed by atoms with van der Waals surface area (Å²) in [6.45, 7) is 4.19. The van der Waals surface area contributed by atoms with E-state index >= 15 is 0 Å². The predicted octanol–water partition coefficient (Wildman–Crippen LogP) is 5.16. The zero-order valence-electron chi connectivity index (χ0n) is 12.8. The number of halogens is 1. The molecule has 5 rings (SSSR count). The minimum atomic E-state index is 0.762. The Labute approximate surface area is 137 Å². The van der Waals surface area contributed by atoms with Crippen molar-refractivity contribution in [2.45, 2.75) is 13.8 Å². The van der Waals surface area contributed by atoms with E-state index in [1.807, 2.05) is 12.1 Å². The molecule has 0 saturated carbocycles. The smallest absolute Gasteiger partial charge is 0.164 e. The first-order chi connectivity index (χ1) is 11.1. The molecule has 0 bridgehead atoms. The van der Waals surface area contributed by atoms with Crippen LogP contribution in [0.3, 0.4) is 0 Å². The molecule has 2 aromatic carbocycles. The van der Waals surface area contributed by atoms with E-state index in [-0.39, 0.29) is 0 Å². The van der Waals surface area contributed by atoms with E-state index in [0.717, 1.165) is 43.8 Å². The standard InChI is InChI=1S/C19H14ClN3/c1-11-7-8-16-14(9-11)21-19-18-17(20)13-5-3-4-6-15(13)22(18)10-12(2)23(16)19/h3-10H,1-2H3. The van der Waals surface area contributed by atoms with Gasteiger partial charge in [0.25, 0.3) is 0 Å². The zero-order chi connectivity index (χ0) is 15.7. The molecule has 0 unspecified atom stereocenters. The minimum Gasteiger partial charge on any atom is -0.310 e. The van der Waals surface area contributed by atoms with Gasteiger partial charge in [0.2, 0.25) is 0 Å². The Balaban J connectivity index is 2.13. The number of hydrogen-bond acceptors (Lipinski definition) is 1. The fraction of sp³-hybridized carbons (Fsp3) is 0.105. The van der Waals surface area contributed by atoms with E-state index < -0.39 is 0 Å². The van der Waals surface area contributed by atoms with E-state index in [2.05, 4.69) is 59.2 Å². The Morgan fingerprint density at radius 2 is 1.83 bits per heavy atom. The van der Waals surface area contributed by atoms with Crippen LogP contribution in [0.1, 0.15) is 11.3 Å². The molecule has 0 atom stereocenters. The van der Waals surface area contributed by atoms with Crippen LogP contribution in [0.15, 0.2) is 48.7 Å². The Bertz CT molecular complexity index is 1240. The van der Waals surface area contributed by atoms with E-state index in [1.54, 1.807) is 0 Å².